The number of hydrogen-bond donors (Lipinski definition) is 2. The molecule has 0 bridgehead atoms. The predicted molar refractivity (Wildman–Crippen MR) is 104 cm³/mol. The fourth-order valence-corrected chi connectivity index (χ4v) is 7.06. The monoisotopic (exact) mass is 492 g/mol. The van der Waals surface area contributed by atoms with Gasteiger partial charge in [-0.2, -0.15) is 30.4 Å². The molecule has 0 saturated carbocycles. The van der Waals surface area contributed by atoms with E-state index in [9.17, 15) is 17.4 Å². The van der Waals surface area contributed by atoms with Crippen LogP contribution in [0.2, 0.25) is 12.1 Å². The molecule has 1 aromatic heterocycles. The fraction of sp³-hybridized carbons (Fsp3) is 0.667. The molecule has 2 unspecified atom stereocenters. The highest BCUT2D eigenvalue weighted by Crippen LogP contribution is 2.23. The maximum atomic E-state index is 15.2. The molecule has 0 amide bonds. The van der Waals surface area contributed by atoms with Crippen molar-refractivity contribution in [2.75, 3.05) is 19.3 Å². The average molecular weight is 493 g/mol. The number of alkyl halides is 3. The minimum Gasteiger partial charge on any atom is -0.347 e. The number of aromatic nitrogens is 1. The molecule has 1 heterocycles. The Bertz CT molecular complexity index is 778. The lowest BCUT2D eigenvalue weighted by Crippen LogP contribution is -2.72. The summed E-state index contributed by atoms with van der Waals surface area (Å²) in [5, 5.41) is 0.555. The van der Waals surface area contributed by atoms with E-state index in [0.717, 1.165) is 19.1 Å². The zero-order chi connectivity index (χ0) is 21.0. The van der Waals surface area contributed by atoms with Crippen LogP contribution in [0, 0.1) is 5.82 Å². The van der Waals surface area contributed by atoms with Gasteiger partial charge >= 0.3 is 6.18 Å². The molecule has 0 radical (unpaired) electrons. The minimum atomic E-state index is -4.54. The summed E-state index contributed by atoms with van der Waals surface area (Å²) in [6, 6.07) is 3.27. The van der Waals surface area contributed by atoms with Crippen molar-refractivity contribution in [1.29, 1.82) is 0 Å². The van der Waals surface area contributed by atoms with Gasteiger partial charge in [0.05, 0.1) is 0 Å². The Morgan fingerprint density at radius 1 is 1.37 bits per heavy atom. The molecule has 12 heteroatoms. The first-order valence-corrected chi connectivity index (χ1v) is 12.7. The second-order valence-corrected chi connectivity index (χ2v) is 12.6. The number of hydrogen-bond acceptors (Lipinski definition) is 3. The Morgan fingerprint density at radius 3 is 2.37 bits per heavy atom. The molecule has 2 atom stereocenters. The number of nitrogens with one attached hydrogen (secondary N) is 1. The van der Waals surface area contributed by atoms with Crippen LogP contribution in [0.5, 0.6) is 0 Å². The number of pyridine rings is 1. The van der Waals surface area contributed by atoms with Crippen LogP contribution in [0.1, 0.15) is 26.5 Å². The molecular formula is C15H25BrF4N4OSSi. The van der Waals surface area contributed by atoms with Gasteiger partial charge in [0.2, 0.25) is 0 Å². The molecule has 4 N–H and O–H groups in total. The SMILES string of the molecule is CC[Si-](CC)c1cc(Br)nc(C(C)([NH3+])CS(=O)(=NC)NCC(F)(F)F)c1F. The van der Waals surface area contributed by atoms with Crippen molar-refractivity contribution in [3.05, 3.63) is 22.2 Å². The van der Waals surface area contributed by atoms with Crippen LogP contribution in [0.4, 0.5) is 17.6 Å². The Labute approximate surface area is 167 Å². The van der Waals surface area contributed by atoms with Crippen LogP contribution in [-0.2, 0) is 15.5 Å². The van der Waals surface area contributed by atoms with Crippen molar-refractivity contribution in [3.8, 4) is 0 Å². The van der Waals surface area contributed by atoms with Gasteiger partial charge in [0, 0.05) is 7.05 Å². The van der Waals surface area contributed by atoms with Crippen LogP contribution < -0.4 is 15.6 Å². The number of rotatable bonds is 8. The normalized spacial score (nSPS) is 16.5. The van der Waals surface area contributed by atoms with Crippen LogP contribution in [0.25, 0.3) is 0 Å². The van der Waals surface area contributed by atoms with E-state index in [-0.39, 0.29) is 5.69 Å². The Hall–Kier alpha value is -0.563. The molecule has 156 valence electrons. The molecule has 5 nitrogen and oxygen atoms in total. The average Bonchev–Trinajstić information content (AvgIpc) is 2.56. The second kappa shape index (κ2) is 9.29. The highest BCUT2D eigenvalue weighted by atomic mass is 79.9. The number of quaternary nitrogens is 1. The van der Waals surface area contributed by atoms with Crippen molar-refractivity contribution in [2.45, 2.75) is 44.6 Å². The number of nitrogens with zero attached hydrogens (tertiary/aromatic N) is 2. The van der Waals surface area contributed by atoms with Crippen molar-refractivity contribution in [2.24, 2.45) is 4.36 Å². The van der Waals surface area contributed by atoms with E-state index in [1.807, 2.05) is 18.6 Å². The van der Waals surface area contributed by atoms with Gasteiger partial charge in [0.25, 0.3) is 0 Å². The molecule has 0 spiro atoms. The van der Waals surface area contributed by atoms with Gasteiger partial charge < -0.3 is 5.73 Å². The van der Waals surface area contributed by atoms with Crippen LogP contribution in [0.15, 0.2) is 15.0 Å². The zero-order valence-corrected chi connectivity index (χ0v) is 19.1. The summed E-state index contributed by atoms with van der Waals surface area (Å²) in [5.74, 6) is -0.936. The quantitative estimate of drug-likeness (QED) is 0.331. The van der Waals surface area contributed by atoms with E-state index in [1.165, 1.54) is 6.92 Å². The molecule has 0 saturated heterocycles. The molecular weight excluding hydrogens is 468 g/mol. The van der Waals surface area contributed by atoms with E-state index >= 15 is 4.39 Å². The van der Waals surface area contributed by atoms with Crippen molar-refractivity contribution >= 4 is 39.8 Å². The van der Waals surface area contributed by atoms with Crippen molar-refractivity contribution in [1.82, 2.24) is 9.71 Å². The van der Waals surface area contributed by atoms with Crippen LogP contribution in [-0.4, -0.2) is 43.5 Å². The molecule has 0 aliphatic carbocycles. The summed E-state index contributed by atoms with van der Waals surface area (Å²) in [6.07, 6.45) is -4.54. The largest absolute Gasteiger partial charge is 0.402 e. The zero-order valence-electron chi connectivity index (χ0n) is 15.7. The maximum absolute atomic E-state index is 15.2. The lowest BCUT2D eigenvalue weighted by Gasteiger charge is -2.31. The van der Waals surface area contributed by atoms with Gasteiger partial charge in [-0.15, -0.1) is 0 Å². The predicted octanol–water partition coefficient (Wildman–Crippen LogP) is 2.35. The summed E-state index contributed by atoms with van der Waals surface area (Å²) in [4.78, 5) is 4.16. The van der Waals surface area contributed by atoms with Gasteiger partial charge in [-0.1, -0.05) is 19.9 Å². The first-order chi connectivity index (χ1) is 12.3. The summed E-state index contributed by atoms with van der Waals surface area (Å²) in [7, 11) is -3.45. The first kappa shape index (κ1) is 24.5. The third-order valence-corrected chi connectivity index (χ3v) is 9.49. The van der Waals surface area contributed by atoms with E-state index < -0.39 is 48.5 Å². The summed E-state index contributed by atoms with van der Waals surface area (Å²) in [5.41, 5.74) is 2.53. The van der Waals surface area contributed by atoms with Gasteiger partial charge in [0.1, 0.15) is 38.3 Å². The first-order valence-electron chi connectivity index (χ1n) is 8.29. The highest BCUT2D eigenvalue weighted by Gasteiger charge is 2.37. The Balaban J connectivity index is 3.33. The molecule has 1 aromatic rings. The van der Waals surface area contributed by atoms with Gasteiger partial charge in [-0.25, -0.2) is 22.7 Å². The maximum Gasteiger partial charge on any atom is 0.402 e. The number of halogens is 5. The van der Waals surface area contributed by atoms with E-state index in [2.05, 4.69) is 31.0 Å². The highest BCUT2D eigenvalue weighted by molar-refractivity contribution is 9.10. The lowest BCUT2D eigenvalue weighted by atomic mass is 10.0. The third kappa shape index (κ3) is 6.77. The summed E-state index contributed by atoms with van der Waals surface area (Å²) >= 11 is 3.27. The lowest BCUT2D eigenvalue weighted by molar-refractivity contribution is -0.475. The van der Waals surface area contributed by atoms with E-state index in [0.29, 0.717) is 9.79 Å². The second-order valence-electron chi connectivity index (χ2n) is 6.43. The molecule has 1 rings (SSSR count). The fourth-order valence-electron chi connectivity index (χ4n) is 2.66. The Kier molecular flexibility index (Phi) is 8.42. The topological polar surface area (TPSA) is 82.0 Å². The smallest absolute Gasteiger partial charge is 0.347 e. The van der Waals surface area contributed by atoms with Gasteiger partial charge in [-0.05, 0) is 22.9 Å². The molecule has 0 aliphatic heterocycles. The molecule has 27 heavy (non-hydrogen) atoms. The molecule has 0 aromatic carbocycles. The van der Waals surface area contributed by atoms with Gasteiger partial charge in [0.15, 0.2) is 5.54 Å². The van der Waals surface area contributed by atoms with Crippen molar-refractivity contribution in [3.63, 3.8) is 0 Å². The van der Waals surface area contributed by atoms with E-state index in [4.69, 9.17) is 0 Å². The molecule has 0 fully saturated rings. The summed E-state index contributed by atoms with van der Waals surface area (Å²) in [6.45, 7) is 4.01. The van der Waals surface area contributed by atoms with Crippen LogP contribution in [0.3, 0.4) is 0 Å². The van der Waals surface area contributed by atoms with Crippen molar-refractivity contribution < 1.29 is 27.5 Å². The van der Waals surface area contributed by atoms with Gasteiger partial charge in [-0.3, -0.25) is 8.80 Å². The molecule has 0 aliphatic rings. The minimum absolute atomic E-state index is 0.0264. The Morgan fingerprint density at radius 2 is 1.93 bits per heavy atom. The summed E-state index contributed by atoms with van der Waals surface area (Å²) < 4.78 is 71.4. The standard InChI is InChI=1S/C15H24BrF4N4OSSi/c1-5-27(6-2)10-7-11(16)24-13(12(10)17)14(3,21)9-26(25,22-4)23-8-15(18,19)20/h7H,5-6,8-9,21H2,1-4H3,(H,22,23,25)/q-1/p+1. The third-order valence-electron chi connectivity index (χ3n) is 4.04. The van der Waals surface area contributed by atoms with E-state index in [1.54, 1.807) is 6.07 Å². The van der Waals surface area contributed by atoms with Crippen LogP contribution >= 0.6 is 15.9 Å².